The highest BCUT2D eigenvalue weighted by Gasteiger charge is 2.31. The molecule has 1 atom stereocenters. The average molecular weight is 446 g/mol. The molecule has 33 heavy (non-hydrogen) atoms. The number of carbonyl (C=O) groups is 1. The van der Waals surface area contributed by atoms with E-state index in [2.05, 4.69) is 21.0 Å². The van der Waals surface area contributed by atoms with Crippen LogP contribution in [0.2, 0.25) is 0 Å². The van der Waals surface area contributed by atoms with Gasteiger partial charge in [0.1, 0.15) is 5.75 Å². The summed E-state index contributed by atoms with van der Waals surface area (Å²) in [6, 6.07) is 15.0. The zero-order chi connectivity index (χ0) is 22.6. The zero-order valence-electron chi connectivity index (χ0n) is 18.5. The van der Waals surface area contributed by atoms with Gasteiger partial charge in [-0.2, -0.15) is 5.10 Å². The Hall–Kier alpha value is -3.52. The van der Waals surface area contributed by atoms with Gasteiger partial charge in [-0.15, -0.1) is 0 Å². The Morgan fingerprint density at radius 2 is 1.76 bits per heavy atom. The summed E-state index contributed by atoms with van der Waals surface area (Å²) >= 11 is 0. The van der Waals surface area contributed by atoms with E-state index in [1.165, 1.54) is 10.2 Å². The van der Waals surface area contributed by atoms with Crippen molar-refractivity contribution in [3.05, 3.63) is 76.8 Å². The van der Waals surface area contributed by atoms with Gasteiger partial charge in [0.25, 0.3) is 11.5 Å². The number of hydrogen-bond donors (Lipinski definition) is 0. The molecule has 0 aliphatic carbocycles. The molecule has 1 saturated heterocycles. The topological polar surface area (TPSA) is 80.6 Å². The van der Waals surface area contributed by atoms with Crippen molar-refractivity contribution in [3.8, 4) is 17.0 Å². The van der Waals surface area contributed by atoms with Crippen LogP contribution in [0.25, 0.3) is 11.3 Å². The third-order valence-corrected chi connectivity index (χ3v) is 6.35. The lowest BCUT2D eigenvalue weighted by Crippen LogP contribution is -2.53. The third-order valence-electron chi connectivity index (χ3n) is 6.35. The molecule has 170 valence electrons. The van der Waals surface area contributed by atoms with Gasteiger partial charge in [0.2, 0.25) is 0 Å². The van der Waals surface area contributed by atoms with Gasteiger partial charge in [0.05, 0.1) is 12.2 Å². The van der Waals surface area contributed by atoms with Crippen LogP contribution in [0.1, 0.15) is 12.0 Å². The summed E-state index contributed by atoms with van der Waals surface area (Å²) in [4.78, 5) is 33.5. The van der Waals surface area contributed by atoms with Crippen molar-refractivity contribution >= 4 is 5.91 Å². The molecule has 1 fully saturated rings. The first-order chi connectivity index (χ1) is 16.2. The number of pyridine rings is 1. The molecule has 8 nitrogen and oxygen atoms in total. The molecule has 0 bridgehead atoms. The smallest absolute Gasteiger partial charge is 0.266 e. The first-order valence-corrected chi connectivity index (χ1v) is 11.4. The van der Waals surface area contributed by atoms with E-state index in [0.29, 0.717) is 26.2 Å². The Labute approximate surface area is 192 Å². The van der Waals surface area contributed by atoms with Crippen molar-refractivity contribution in [2.24, 2.45) is 0 Å². The number of amides is 1. The fourth-order valence-electron chi connectivity index (χ4n) is 4.42. The van der Waals surface area contributed by atoms with Crippen LogP contribution in [0.3, 0.4) is 0 Å². The predicted octanol–water partition coefficient (Wildman–Crippen LogP) is 1.84. The van der Waals surface area contributed by atoms with Gasteiger partial charge in [-0.3, -0.25) is 19.5 Å². The molecule has 4 heterocycles. The number of carbonyl (C=O) groups excluding carboxylic acids is 1. The van der Waals surface area contributed by atoms with Crippen LogP contribution in [0.15, 0.2) is 65.7 Å². The summed E-state index contributed by atoms with van der Waals surface area (Å²) < 4.78 is 7.50. The molecule has 8 heteroatoms. The fraction of sp³-hybridized carbons (Fsp3) is 0.360. The number of benzene rings is 1. The highest BCUT2D eigenvalue weighted by atomic mass is 16.5. The van der Waals surface area contributed by atoms with E-state index in [1.807, 2.05) is 35.2 Å². The second-order valence-electron chi connectivity index (χ2n) is 8.44. The summed E-state index contributed by atoms with van der Waals surface area (Å²) in [6.45, 7) is 4.09. The highest BCUT2D eigenvalue weighted by Crippen LogP contribution is 2.28. The predicted molar refractivity (Wildman–Crippen MR) is 124 cm³/mol. The maximum Gasteiger partial charge on any atom is 0.266 e. The second-order valence-corrected chi connectivity index (χ2v) is 8.44. The molecule has 0 N–H and O–H groups in total. The van der Waals surface area contributed by atoms with Gasteiger partial charge in [0.15, 0.2) is 6.10 Å². The number of hydrogen-bond acceptors (Lipinski definition) is 6. The van der Waals surface area contributed by atoms with Crippen molar-refractivity contribution in [2.45, 2.75) is 25.5 Å². The molecular weight excluding hydrogens is 418 g/mol. The number of nitrogens with zero attached hydrogens (tertiary/aromatic N) is 5. The first kappa shape index (κ1) is 21.3. The number of ether oxygens (including phenoxy) is 1. The minimum absolute atomic E-state index is 0.0760. The largest absolute Gasteiger partial charge is 0.480 e. The van der Waals surface area contributed by atoms with Crippen molar-refractivity contribution < 1.29 is 9.53 Å². The molecule has 0 radical (unpaired) electrons. The van der Waals surface area contributed by atoms with E-state index in [4.69, 9.17) is 4.74 Å². The third kappa shape index (κ3) is 4.80. The summed E-state index contributed by atoms with van der Waals surface area (Å²) in [6.07, 6.45) is 4.62. The van der Waals surface area contributed by atoms with E-state index in [0.717, 1.165) is 42.9 Å². The normalized spacial score (nSPS) is 18.4. The number of aromatic nitrogens is 3. The SMILES string of the molecule is O=C(C1CCc2ccccc2O1)N1CCN(CCn2nc(-c3ccncc3)ccc2=O)CC1. The number of fused-ring (bicyclic) bond motifs is 1. The number of rotatable bonds is 5. The Morgan fingerprint density at radius 1 is 0.970 bits per heavy atom. The summed E-state index contributed by atoms with van der Waals surface area (Å²) in [5.41, 5.74) is 2.74. The minimum atomic E-state index is -0.398. The number of piperazine rings is 1. The lowest BCUT2D eigenvalue weighted by atomic mass is 10.0. The molecule has 0 saturated carbocycles. The van der Waals surface area contributed by atoms with Crippen LogP contribution in [0, 0.1) is 0 Å². The summed E-state index contributed by atoms with van der Waals surface area (Å²) in [5.74, 6) is 0.903. The Bertz CT molecular complexity index is 1170. The maximum absolute atomic E-state index is 13.0. The molecule has 2 aliphatic heterocycles. The van der Waals surface area contributed by atoms with Gasteiger partial charge in [-0.05, 0) is 42.7 Å². The number of para-hydroxylation sites is 1. The van der Waals surface area contributed by atoms with Crippen LogP contribution in [-0.2, 0) is 17.8 Å². The average Bonchev–Trinajstić information content (AvgIpc) is 2.88. The van der Waals surface area contributed by atoms with Crippen LogP contribution < -0.4 is 10.3 Å². The summed E-state index contributed by atoms with van der Waals surface area (Å²) in [5, 5.41) is 4.52. The van der Waals surface area contributed by atoms with Gasteiger partial charge in [-0.1, -0.05) is 18.2 Å². The van der Waals surface area contributed by atoms with E-state index in [-0.39, 0.29) is 11.5 Å². The van der Waals surface area contributed by atoms with Crippen molar-refractivity contribution in [1.29, 1.82) is 0 Å². The molecule has 0 spiro atoms. The van der Waals surface area contributed by atoms with Crippen LogP contribution >= 0.6 is 0 Å². The van der Waals surface area contributed by atoms with E-state index < -0.39 is 6.10 Å². The Kier molecular flexibility index (Phi) is 6.17. The van der Waals surface area contributed by atoms with E-state index in [1.54, 1.807) is 24.5 Å². The quantitative estimate of drug-likeness (QED) is 0.596. The Balaban J connectivity index is 1.14. The molecular formula is C25H27N5O3. The van der Waals surface area contributed by atoms with Crippen molar-refractivity contribution in [3.63, 3.8) is 0 Å². The molecule has 5 rings (SSSR count). The minimum Gasteiger partial charge on any atom is -0.480 e. The molecule has 1 unspecified atom stereocenters. The molecule has 2 aromatic heterocycles. The zero-order valence-corrected chi connectivity index (χ0v) is 18.5. The second kappa shape index (κ2) is 9.54. The molecule has 1 amide bonds. The van der Waals surface area contributed by atoms with Crippen molar-refractivity contribution in [2.75, 3.05) is 32.7 Å². The van der Waals surface area contributed by atoms with Gasteiger partial charge in [-0.25, -0.2) is 4.68 Å². The van der Waals surface area contributed by atoms with E-state index in [9.17, 15) is 9.59 Å². The van der Waals surface area contributed by atoms with Gasteiger partial charge >= 0.3 is 0 Å². The lowest BCUT2D eigenvalue weighted by molar-refractivity contribution is -0.141. The van der Waals surface area contributed by atoms with Gasteiger partial charge in [0, 0.05) is 56.7 Å². The highest BCUT2D eigenvalue weighted by molar-refractivity contribution is 5.81. The molecule has 2 aliphatic rings. The standard InChI is InChI=1S/C25H27N5O3/c31-24-8-6-21(19-9-11-26-12-10-19)27-30(24)18-15-28-13-16-29(17-14-28)25(32)23-7-5-20-3-1-2-4-22(20)33-23/h1-4,6,8-12,23H,5,7,13-18H2. The van der Waals surface area contributed by atoms with Crippen LogP contribution in [-0.4, -0.2) is 69.3 Å². The fourth-order valence-corrected chi connectivity index (χ4v) is 4.42. The van der Waals surface area contributed by atoms with Crippen LogP contribution in [0.4, 0.5) is 0 Å². The number of aryl methyl sites for hydroxylation is 1. The summed E-state index contributed by atoms with van der Waals surface area (Å²) in [7, 11) is 0. The first-order valence-electron chi connectivity index (χ1n) is 11.4. The Morgan fingerprint density at radius 3 is 2.58 bits per heavy atom. The van der Waals surface area contributed by atoms with Crippen molar-refractivity contribution in [1.82, 2.24) is 24.6 Å². The van der Waals surface area contributed by atoms with Crippen LogP contribution in [0.5, 0.6) is 5.75 Å². The molecule has 1 aromatic carbocycles. The monoisotopic (exact) mass is 445 g/mol. The van der Waals surface area contributed by atoms with Gasteiger partial charge < -0.3 is 9.64 Å². The molecule has 3 aromatic rings. The van der Waals surface area contributed by atoms with E-state index >= 15 is 0 Å². The maximum atomic E-state index is 13.0. The lowest BCUT2D eigenvalue weighted by Gasteiger charge is -2.37.